The normalized spacial score (nSPS) is 25.7. The molecule has 10 heteroatoms. The highest BCUT2D eigenvalue weighted by atomic mass is 19.3. The highest BCUT2D eigenvalue weighted by molar-refractivity contribution is 5.19. The minimum atomic E-state index is -3.49. The number of aromatic nitrogens is 2. The minimum absolute atomic E-state index is 0.335. The van der Waals surface area contributed by atoms with Crippen molar-refractivity contribution < 1.29 is 28.8 Å². The molecule has 2 heterocycles. The number of rotatable bonds is 5. The highest BCUT2D eigenvalue weighted by Gasteiger charge is 2.44. The van der Waals surface area contributed by atoms with Crippen molar-refractivity contribution in [1.82, 2.24) is 9.13 Å². The van der Waals surface area contributed by atoms with Crippen LogP contribution in [0.4, 0.5) is 8.78 Å². The maximum absolute atomic E-state index is 14.5. The summed E-state index contributed by atoms with van der Waals surface area (Å²) in [4.78, 5) is 24.6. The molecule has 0 spiro atoms. The molecule has 8 nitrogen and oxygen atoms in total. The molecule has 1 aliphatic rings. The molecule has 3 rings (SSSR count). The predicted octanol–water partition coefficient (Wildman–Crippen LogP) is -0.587. The topological polar surface area (TPSA) is 114 Å². The fourth-order valence-electron chi connectivity index (χ4n) is 2.95. The van der Waals surface area contributed by atoms with Gasteiger partial charge in [0.05, 0.1) is 13.2 Å². The van der Waals surface area contributed by atoms with E-state index in [1.807, 2.05) is 0 Å². The summed E-state index contributed by atoms with van der Waals surface area (Å²) >= 11 is 0. The van der Waals surface area contributed by atoms with E-state index in [2.05, 4.69) is 0 Å². The van der Waals surface area contributed by atoms with Crippen LogP contribution in [0.1, 0.15) is 11.8 Å². The quantitative estimate of drug-likeness (QED) is 0.635. The Morgan fingerprint density at radius 2 is 1.74 bits per heavy atom. The third-order valence-corrected chi connectivity index (χ3v) is 4.44. The van der Waals surface area contributed by atoms with E-state index in [1.165, 1.54) is 24.3 Å². The van der Waals surface area contributed by atoms with E-state index in [-0.39, 0.29) is 5.56 Å². The third-order valence-electron chi connectivity index (χ3n) is 4.44. The van der Waals surface area contributed by atoms with E-state index in [9.17, 15) is 28.6 Å². The molecule has 0 aliphatic carbocycles. The van der Waals surface area contributed by atoms with Gasteiger partial charge in [-0.2, -0.15) is 8.78 Å². The molecule has 0 bridgehead atoms. The maximum atomic E-state index is 14.5. The van der Waals surface area contributed by atoms with Crippen LogP contribution in [0.25, 0.3) is 0 Å². The molecule has 1 aliphatic heterocycles. The lowest BCUT2D eigenvalue weighted by Crippen LogP contribution is -2.45. The zero-order valence-corrected chi connectivity index (χ0v) is 14.0. The molecule has 27 heavy (non-hydrogen) atoms. The van der Waals surface area contributed by atoms with E-state index < -0.39 is 54.9 Å². The van der Waals surface area contributed by atoms with Gasteiger partial charge in [-0.05, 0) is 0 Å². The Kier molecular flexibility index (Phi) is 5.24. The second kappa shape index (κ2) is 7.31. The number of ether oxygens (including phenoxy) is 1. The standard InChI is InChI=1S/C17H18F2N2O6/c18-17(19,10-4-2-1-3-5-10)9-21-12(23)6-7-20(16(21)26)15-14(25)13(24)11(8-22)27-15/h1-7,11,13-15,22,24-25H,8-9H2/t11-,13?,14?,15-/m1/s1. The Morgan fingerprint density at radius 3 is 2.33 bits per heavy atom. The average molecular weight is 384 g/mol. The van der Waals surface area contributed by atoms with Gasteiger partial charge in [0, 0.05) is 17.8 Å². The van der Waals surface area contributed by atoms with Crippen LogP contribution in [0.5, 0.6) is 0 Å². The Hall–Kier alpha value is -2.40. The van der Waals surface area contributed by atoms with Crippen molar-refractivity contribution in [1.29, 1.82) is 0 Å². The van der Waals surface area contributed by atoms with Gasteiger partial charge in [-0.1, -0.05) is 30.3 Å². The van der Waals surface area contributed by atoms with Crippen LogP contribution in [0.15, 0.2) is 52.2 Å². The van der Waals surface area contributed by atoms with Crippen molar-refractivity contribution in [3.8, 4) is 0 Å². The molecule has 1 fully saturated rings. The zero-order valence-electron chi connectivity index (χ0n) is 14.0. The SMILES string of the molecule is O=c1ccn([C@@H]2O[C@H](CO)C(O)C2O)c(=O)n1CC(F)(F)c1ccccc1. The van der Waals surface area contributed by atoms with Crippen LogP contribution in [0.3, 0.4) is 0 Å². The van der Waals surface area contributed by atoms with Crippen molar-refractivity contribution >= 4 is 0 Å². The number of alkyl halides is 2. The predicted molar refractivity (Wildman–Crippen MR) is 88.3 cm³/mol. The van der Waals surface area contributed by atoms with Gasteiger partial charge < -0.3 is 20.1 Å². The molecule has 0 radical (unpaired) electrons. The van der Waals surface area contributed by atoms with Gasteiger partial charge >= 0.3 is 5.69 Å². The summed E-state index contributed by atoms with van der Waals surface area (Å²) in [7, 11) is 0. The second-order valence-corrected chi connectivity index (χ2v) is 6.23. The van der Waals surface area contributed by atoms with Gasteiger partial charge in [0.1, 0.15) is 18.3 Å². The summed E-state index contributed by atoms with van der Waals surface area (Å²) in [6, 6.07) is 7.63. The van der Waals surface area contributed by atoms with E-state index >= 15 is 0 Å². The molecule has 2 unspecified atom stereocenters. The summed E-state index contributed by atoms with van der Waals surface area (Å²) in [6.07, 6.45) is -4.65. The molecule has 1 aromatic heterocycles. The Labute approximate surface area is 151 Å². The number of benzene rings is 1. The van der Waals surface area contributed by atoms with Crippen molar-refractivity contribution in [3.05, 3.63) is 69.0 Å². The minimum Gasteiger partial charge on any atom is -0.394 e. The fraction of sp³-hybridized carbons (Fsp3) is 0.412. The zero-order chi connectivity index (χ0) is 19.8. The number of hydrogen-bond donors (Lipinski definition) is 3. The number of aliphatic hydroxyl groups excluding tert-OH is 3. The van der Waals surface area contributed by atoms with Crippen LogP contribution in [0.2, 0.25) is 0 Å². The van der Waals surface area contributed by atoms with Gasteiger partial charge in [0.15, 0.2) is 6.23 Å². The van der Waals surface area contributed by atoms with Crippen LogP contribution in [-0.4, -0.2) is 49.4 Å². The molecule has 1 saturated heterocycles. The molecule has 146 valence electrons. The maximum Gasteiger partial charge on any atom is 0.333 e. The lowest BCUT2D eigenvalue weighted by molar-refractivity contribution is -0.0577. The summed E-state index contributed by atoms with van der Waals surface area (Å²) in [5, 5.41) is 29.0. The fourth-order valence-corrected chi connectivity index (χ4v) is 2.95. The molecule has 0 amide bonds. The van der Waals surface area contributed by atoms with Crippen molar-refractivity contribution in [3.63, 3.8) is 0 Å². The van der Waals surface area contributed by atoms with Crippen LogP contribution < -0.4 is 11.2 Å². The molecule has 3 N–H and O–H groups in total. The average Bonchev–Trinajstić information content (AvgIpc) is 2.94. The van der Waals surface area contributed by atoms with Crippen LogP contribution in [0, 0.1) is 0 Å². The van der Waals surface area contributed by atoms with E-state index in [1.54, 1.807) is 6.07 Å². The van der Waals surface area contributed by atoms with Gasteiger partial charge in [0.2, 0.25) is 0 Å². The smallest absolute Gasteiger partial charge is 0.333 e. The van der Waals surface area contributed by atoms with Gasteiger partial charge in [-0.15, -0.1) is 0 Å². The first-order chi connectivity index (χ1) is 12.8. The number of hydrogen-bond acceptors (Lipinski definition) is 6. The third kappa shape index (κ3) is 3.56. The molecule has 1 aromatic carbocycles. The molecular formula is C17H18F2N2O6. The molecule has 2 aromatic rings. The Balaban J connectivity index is 1.98. The largest absolute Gasteiger partial charge is 0.394 e. The Bertz CT molecular complexity index is 914. The first kappa shape index (κ1) is 19.4. The lowest BCUT2D eigenvalue weighted by atomic mass is 10.1. The summed E-state index contributed by atoms with van der Waals surface area (Å²) in [5.74, 6) is -3.49. The van der Waals surface area contributed by atoms with E-state index in [0.29, 0.717) is 4.57 Å². The molecular weight excluding hydrogens is 366 g/mol. The first-order valence-electron chi connectivity index (χ1n) is 8.14. The highest BCUT2D eigenvalue weighted by Crippen LogP contribution is 2.30. The first-order valence-corrected chi connectivity index (χ1v) is 8.14. The van der Waals surface area contributed by atoms with Crippen molar-refractivity contribution in [2.45, 2.75) is 37.0 Å². The van der Waals surface area contributed by atoms with E-state index in [4.69, 9.17) is 9.84 Å². The van der Waals surface area contributed by atoms with Gasteiger partial charge in [-0.25, -0.2) is 4.79 Å². The molecule has 0 saturated carbocycles. The van der Waals surface area contributed by atoms with Crippen molar-refractivity contribution in [2.75, 3.05) is 6.61 Å². The second-order valence-electron chi connectivity index (χ2n) is 6.23. The number of nitrogens with zero attached hydrogens (tertiary/aromatic N) is 2. The lowest BCUT2D eigenvalue weighted by Gasteiger charge is -2.21. The van der Waals surface area contributed by atoms with Crippen LogP contribution >= 0.6 is 0 Å². The summed E-state index contributed by atoms with van der Waals surface area (Å²) < 4.78 is 35.3. The van der Waals surface area contributed by atoms with Gasteiger partial charge in [0.25, 0.3) is 11.5 Å². The van der Waals surface area contributed by atoms with Crippen molar-refractivity contribution in [2.24, 2.45) is 0 Å². The summed E-state index contributed by atoms with van der Waals surface area (Å²) in [5.41, 5.74) is -2.44. The monoisotopic (exact) mass is 384 g/mol. The van der Waals surface area contributed by atoms with Gasteiger partial charge in [-0.3, -0.25) is 13.9 Å². The summed E-state index contributed by atoms with van der Waals surface area (Å²) in [6.45, 7) is -1.82. The van der Waals surface area contributed by atoms with E-state index in [0.717, 1.165) is 16.8 Å². The number of halogens is 2. The van der Waals surface area contributed by atoms with Crippen LogP contribution in [-0.2, 0) is 17.2 Å². The Morgan fingerprint density at radius 1 is 1.07 bits per heavy atom. The molecule has 4 atom stereocenters. The number of aliphatic hydroxyl groups is 3.